The number of amides is 1. The van der Waals surface area contributed by atoms with Crippen LogP contribution in [0.3, 0.4) is 0 Å². The number of aromatic nitrogens is 1. The summed E-state index contributed by atoms with van der Waals surface area (Å²) in [5.41, 5.74) is 1.50. The first-order valence-electron chi connectivity index (χ1n) is 8.42. The zero-order valence-corrected chi connectivity index (χ0v) is 13.9. The van der Waals surface area contributed by atoms with Crippen molar-refractivity contribution in [1.82, 2.24) is 10.3 Å². The Morgan fingerprint density at radius 1 is 1.35 bits per heavy atom. The lowest BCUT2D eigenvalue weighted by Crippen LogP contribution is -2.45. The maximum Gasteiger partial charge on any atom is 0.270 e. The summed E-state index contributed by atoms with van der Waals surface area (Å²) in [5, 5.41) is 2.93. The third kappa shape index (κ3) is 3.64. The first kappa shape index (κ1) is 16.2. The summed E-state index contributed by atoms with van der Waals surface area (Å²) in [6.45, 7) is 7.18. The Labute approximate surface area is 137 Å². The number of anilines is 1. The lowest BCUT2D eigenvalue weighted by atomic mass is 10.0. The molecule has 2 aliphatic heterocycles. The molecule has 0 aromatic carbocycles. The van der Waals surface area contributed by atoms with E-state index >= 15 is 0 Å². The number of nitrogens with zero attached hydrogens (tertiary/aromatic N) is 2. The molecule has 1 aromatic rings. The fraction of sp³-hybridized carbons (Fsp3) is 0.647. The number of carbonyl (C=O) groups is 1. The summed E-state index contributed by atoms with van der Waals surface area (Å²) < 4.78 is 11.5. The van der Waals surface area contributed by atoms with Gasteiger partial charge in [0.15, 0.2) is 5.79 Å². The van der Waals surface area contributed by atoms with Gasteiger partial charge in [-0.05, 0) is 25.5 Å². The molecule has 1 spiro atoms. The number of nitrogens with one attached hydrogen (secondary N) is 1. The topological polar surface area (TPSA) is 63.7 Å². The Balaban J connectivity index is 1.58. The zero-order chi connectivity index (χ0) is 16.3. The maximum absolute atomic E-state index is 12.1. The normalized spacial score (nSPS) is 21.4. The predicted octanol–water partition coefficient (Wildman–Crippen LogP) is 1.95. The third-order valence-corrected chi connectivity index (χ3v) is 4.67. The fourth-order valence-electron chi connectivity index (χ4n) is 3.00. The average Bonchev–Trinajstić information content (AvgIpc) is 3.03. The highest BCUT2D eigenvalue weighted by molar-refractivity contribution is 5.92. The van der Waals surface area contributed by atoms with E-state index in [0.29, 0.717) is 18.9 Å². The number of rotatable bonds is 4. The molecule has 0 aliphatic carbocycles. The lowest BCUT2D eigenvalue weighted by Gasteiger charge is -2.38. The number of hydrogen-bond donors (Lipinski definition) is 1. The van der Waals surface area contributed by atoms with Crippen molar-refractivity contribution in [1.29, 1.82) is 0 Å². The minimum Gasteiger partial charge on any atom is -0.370 e. The second kappa shape index (κ2) is 6.84. The van der Waals surface area contributed by atoms with Gasteiger partial charge in [0.2, 0.25) is 0 Å². The molecule has 23 heavy (non-hydrogen) atoms. The van der Waals surface area contributed by atoms with E-state index in [4.69, 9.17) is 9.47 Å². The van der Waals surface area contributed by atoms with Gasteiger partial charge in [-0.2, -0.15) is 0 Å². The highest BCUT2D eigenvalue weighted by Gasteiger charge is 2.39. The van der Waals surface area contributed by atoms with Crippen LogP contribution < -0.4 is 10.2 Å². The van der Waals surface area contributed by atoms with E-state index < -0.39 is 0 Å². The van der Waals surface area contributed by atoms with Gasteiger partial charge in [-0.15, -0.1) is 0 Å². The molecule has 1 amide bonds. The van der Waals surface area contributed by atoms with Crippen molar-refractivity contribution >= 4 is 11.6 Å². The van der Waals surface area contributed by atoms with Gasteiger partial charge in [-0.25, -0.2) is 4.98 Å². The van der Waals surface area contributed by atoms with Gasteiger partial charge < -0.3 is 19.7 Å². The summed E-state index contributed by atoms with van der Waals surface area (Å²) in [7, 11) is 0. The Morgan fingerprint density at radius 2 is 2.04 bits per heavy atom. The molecule has 2 saturated heterocycles. The Hall–Kier alpha value is -1.66. The predicted molar refractivity (Wildman–Crippen MR) is 87.5 cm³/mol. The Kier molecular flexibility index (Phi) is 4.82. The van der Waals surface area contributed by atoms with Crippen LogP contribution in [-0.4, -0.2) is 49.0 Å². The van der Waals surface area contributed by atoms with Crippen molar-refractivity contribution in [3.8, 4) is 0 Å². The second-order valence-electron chi connectivity index (χ2n) is 6.28. The maximum atomic E-state index is 12.1. The van der Waals surface area contributed by atoms with Crippen molar-refractivity contribution in [3.05, 3.63) is 24.0 Å². The SMILES string of the molecule is CCC(C)NC(=O)c1ccc(N2CCC3(CC2)OCCO3)cn1. The molecular weight excluding hydrogens is 294 g/mol. The van der Waals surface area contributed by atoms with Crippen LogP contribution in [-0.2, 0) is 9.47 Å². The van der Waals surface area contributed by atoms with Crippen molar-refractivity contribution in [2.24, 2.45) is 0 Å². The molecule has 0 radical (unpaired) electrons. The highest BCUT2D eigenvalue weighted by atomic mass is 16.7. The molecule has 1 atom stereocenters. The van der Waals surface area contributed by atoms with Gasteiger partial charge in [-0.1, -0.05) is 6.92 Å². The van der Waals surface area contributed by atoms with Gasteiger partial charge in [0.25, 0.3) is 5.91 Å². The zero-order valence-electron chi connectivity index (χ0n) is 13.9. The van der Waals surface area contributed by atoms with Crippen molar-refractivity contribution in [2.45, 2.75) is 44.9 Å². The molecule has 0 saturated carbocycles. The molecule has 1 unspecified atom stereocenters. The van der Waals surface area contributed by atoms with Crippen LogP contribution >= 0.6 is 0 Å². The number of pyridine rings is 1. The van der Waals surface area contributed by atoms with Gasteiger partial charge in [0.1, 0.15) is 5.69 Å². The number of ether oxygens (including phenoxy) is 2. The fourth-order valence-corrected chi connectivity index (χ4v) is 3.00. The van der Waals surface area contributed by atoms with Crippen LogP contribution in [0.1, 0.15) is 43.6 Å². The average molecular weight is 319 g/mol. The van der Waals surface area contributed by atoms with E-state index in [9.17, 15) is 4.79 Å². The van der Waals surface area contributed by atoms with E-state index in [0.717, 1.165) is 38.0 Å². The highest BCUT2D eigenvalue weighted by Crippen LogP contribution is 2.32. The largest absolute Gasteiger partial charge is 0.370 e. The van der Waals surface area contributed by atoms with Gasteiger partial charge in [0, 0.05) is 32.0 Å². The van der Waals surface area contributed by atoms with Crippen LogP contribution in [0.4, 0.5) is 5.69 Å². The monoisotopic (exact) mass is 319 g/mol. The molecule has 6 nitrogen and oxygen atoms in total. The van der Waals surface area contributed by atoms with E-state index in [-0.39, 0.29) is 17.7 Å². The minimum absolute atomic E-state index is 0.115. The van der Waals surface area contributed by atoms with Crippen LogP contribution in [0, 0.1) is 0 Å². The van der Waals surface area contributed by atoms with Gasteiger partial charge >= 0.3 is 0 Å². The summed E-state index contributed by atoms with van der Waals surface area (Å²) in [6, 6.07) is 3.92. The Morgan fingerprint density at radius 3 is 2.61 bits per heavy atom. The molecule has 1 N–H and O–H groups in total. The van der Waals surface area contributed by atoms with E-state index in [1.807, 2.05) is 19.9 Å². The number of carbonyl (C=O) groups excluding carboxylic acids is 1. The quantitative estimate of drug-likeness (QED) is 0.919. The minimum atomic E-state index is -0.361. The molecule has 1 aromatic heterocycles. The van der Waals surface area contributed by atoms with Crippen LogP contribution in [0.5, 0.6) is 0 Å². The molecular formula is C17H25N3O3. The molecule has 3 rings (SSSR count). The smallest absolute Gasteiger partial charge is 0.270 e. The van der Waals surface area contributed by atoms with E-state index in [2.05, 4.69) is 15.2 Å². The van der Waals surface area contributed by atoms with Gasteiger partial charge in [-0.3, -0.25) is 4.79 Å². The molecule has 2 fully saturated rings. The first-order chi connectivity index (χ1) is 11.1. The van der Waals surface area contributed by atoms with Crippen molar-refractivity contribution in [3.63, 3.8) is 0 Å². The number of hydrogen-bond acceptors (Lipinski definition) is 5. The van der Waals surface area contributed by atoms with Crippen molar-refractivity contribution in [2.75, 3.05) is 31.2 Å². The van der Waals surface area contributed by atoms with Crippen molar-refractivity contribution < 1.29 is 14.3 Å². The molecule has 6 heteroatoms. The first-order valence-corrected chi connectivity index (χ1v) is 8.42. The molecule has 2 aliphatic rings. The standard InChI is InChI=1S/C17H25N3O3/c1-3-13(2)19-16(21)15-5-4-14(12-18-15)20-8-6-17(7-9-20)22-10-11-23-17/h4-5,12-13H,3,6-11H2,1-2H3,(H,19,21). The van der Waals surface area contributed by atoms with E-state index in [1.54, 1.807) is 12.3 Å². The second-order valence-corrected chi connectivity index (χ2v) is 6.28. The van der Waals surface area contributed by atoms with Crippen LogP contribution in [0.15, 0.2) is 18.3 Å². The summed E-state index contributed by atoms with van der Waals surface area (Å²) >= 11 is 0. The molecule has 0 bridgehead atoms. The lowest BCUT2D eigenvalue weighted by molar-refractivity contribution is -0.169. The summed E-state index contributed by atoms with van der Waals surface area (Å²) in [6.07, 6.45) is 4.41. The van der Waals surface area contributed by atoms with Gasteiger partial charge in [0.05, 0.1) is 25.1 Å². The Bertz CT molecular complexity index is 531. The van der Waals surface area contributed by atoms with Crippen LogP contribution in [0.2, 0.25) is 0 Å². The number of piperidine rings is 1. The molecule has 3 heterocycles. The van der Waals surface area contributed by atoms with Crippen LogP contribution in [0.25, 0.3) is 0 Å². The summed E-state index contributed by atoms with van der Waals surface area (Å²) in [4.78, 5) is 18.6. The van der Waals surface area contributed by atoms with E-state index in [1.165, 1.54) is 0 Å². The third-order valence-electron chi connectivity index (χ3n) is 4.67. The molecule has 126 valence electrons. The summed E-state index contributed by atoms with van der Waals surface area (Å²) in [5.74, 6) is -0.476.